The minimum atomic E-state index is -0.480. The molecule has 26 heavy (non-hydrogen) atoms. The fourth-order valence-electron chi connectivity index (χ4n) is 1.97. The van der Waals surface area contributed by atoms with Gasteiger partial charge in [-0.1, -0.05) is 23.5 Å². The number of nitrogens with zero attached hydrogens (tertiary/aromatic N) is 2. The zero-order valence-corrected chi connectivity index (χ0v) is 16.2. The van der Waals surface area contributed by atoms with Crippen LogP contribution in [0.2, 0.25) is 0 Å². The zero-order valence-electron chi connectivity index (χ0n) is 13.1. The van der Waals surface area contributed by atoms with E-state index in [2.05, 4.69) is 10.2 Å². The van der Waals surface area contributed by atoms with Gasteiger partial charge in [-0.3, -0.25) is 9.59 Å². The van der Waals surface area contributed by atoms with E-state index in [4.69, 9.17) is 23.2 Å². The van der Waals surface area contributed by atoms with Crippen LogP contribution in [0.1, 0.15) is 20.7 Å². The Morgan fingerprint density at radius 3 is 1.23 bits per heavy atom. The summed E-state index contributed by atoms with van der Waals surface area (Å²) in [5.74, 6) is 0. The molecule has 0 saturated heterocycles. The molecule has 0 aliphatic heterocycles. The van der Waals surface area contributed by atoms with Crippen molar-refractivity contribution < 1.29 is 9.59 Å². The molecular weight excluding hydrogens is 411 g/mol. The van der Waals surface area contributed by atoms with Crippen molar-refractivity contribution in [1.82, 2.24) is 10.2 Å². The highest BCUT2D eigenvalue weighted by Crippen LogP contribution is 2.29. The predicted octanol–water partition coefficient (Wildman–Crippen LogP) is 5.54. The van der Waals surface area contributed by atoms with Crippen LogP contribution in [0.3, 0.4) is 0 Å². The summed E-state index contributed by atoms with van der Waals surface area (Å²) in [5.41, 5.74) is 0.909. The van der Waals surface area contributed by atoms with Gasteiger partial charge in [0.1, 0.15) is 10.1 Å². The number of rotatable bonds is 6. The summed E-state index contributed by atoms with van der Waals surface area (Å²) in [7, 11) is 0. The highest BCUT2D eigenvalue weighted by Gasteiger charge is 2.06. The van der Waals surface area contributed by atoms with Gasteiger partial charge in [0.25, 0.3) is 10.5 Å². The van der Waals surface area contributed by atoms with Crippen LogP contribution in [0.15, 0.2) is 80.5 Å². The number of halogens is 2. The number of carbonyl (C=O) groups excluding carboxylic acids is 2. The van der Waals surface area contributed by atoms with E-state index >= 15 is 0 Å². The third-order valence-corrected chi connectivity index (χ3v) is 5.53. The predicted molar refractivity (Wildman–Crippen MR) is 104 cm³/mol. The third-order valence-electron chi connectivity index (χ3n) is 3.22. The van der Waals surface area contributed by atoms with E-state index in [0.717, 1.165) is 19.8 Å². The van der Waals surface area contributed by atoms with Crippen molar-refractivity contribution in [1.29, 1.82) is 0 Å². The van der Waals surface area contributed by atoms with Gasteiger partial charge in [-0.05, 0) is 83.9 Å². The van der Waals surface area contributed by atoms with Crippen molar-refractivity contribution in [2.24, 2.45) is 0 Å². The molecule has 0 fully saturated rings. The molecule has 1 aromatic heterocycles. The quantitative estimate of drug-likeness (QED) is 0.488. The van der Waals surface area contributed by atoms with Gasteiger partial charge in [-0.25, -0.2) is 0 Å². The first kappa shape index (κ1) is 18.9. The minimum absolute atomic E-state index is 0.454. The average molecular weight is 421 g/mol. The Morgan fingerprint density at radius 1 is 0.615 bits per heavy atom. The molecule has 0 atom stereocenters. The summed E-state index contributed by atoms with van der Waals surface area (Å²) in [6.45, 7) is 0. The molecule has 3 rings (SSSR count). The molecule has 0 saturated carbocycles. The number of benzene rings is 2. The molecule has 0 N–H and O–H groups in total. The molecule has 3 aromatic rings. The van der Waals surface area contributed by atoms with Gasteiger partial charge in [0, 0.05) is 20.9 Å². The molecule has 0 amide bonds. The van der Waals surface area contributed by atoms with E-state index in [0.29, 0.717) is 11.1 Å². The molecule has 8 heteroatoms. The Bertz CT molecular complexity index is 852. The molecule has 130 valence electrons. The van der Waals surface area contributed by atoms with Gasteiger partial charge in [-0.2, -0.15) is 0 Å². The van der Waals surface area contributed by atoms with Gasteiger partial charge in [0.05, 0.1) is 0 Å². The molecule has 0 unspecified atom stereocenters. The number of hydrogen-bond acceptors (Lipinski definition) is 6. The fourth-order valence-corrected chi connectivity index (χ4v) is 3.68. The van der Waals surface area contributed by atoms with Crippen molar-refractivity contribution in [3.8, 4) is 0 Å². The van der Waals surface area contributed by atoms with Crippen LogP contribution in [0.5, 0.6) is 0 Å². The van der Waals surface area contributed by atoms with Crippen molar-refractivity contribution in [3.05, 3.63) is 71.8 Å². The Hall–Kier alpha value is -1.86. The van der Waals surface area contributed by atoms with Crippen molar-refractivity contribution in [3.63, 3.8) is 0 Å². The molecular formula is C18H10Cl2N2O2S2. The standard InChI is InChI=1S/C18H10Cl2N2O2S2/c19-17(23)11-1-5-13(6-2-11)25-15-9-10-16(22-21-15)26-14-7-3-12(4-8-14)18(20)24/h1-10H. The number of aromatic nitrogens is 2. The summed E-state index contributed by atoms with van der Waals surface area (Å²) in [6.07, 6.45) is 0. The Labute approximate surface area is 168 Å². The second-order valence-electron chi connectivity index (χ2n) is 5.01. The van der Waals surface area contributed by atoms with Crippen molar-refractivity contribution in [2.45, 2.75) is 19.8 Å². The molecule has 1 heterocycles. The van der Waals surface area contributed by atoms with E-state index in [9.17, 15) is 9.59 Å². The maximum atomic E-state index is 11.1. The van der Waals surface area contributed by atoms with Gasteiger partial charge >= 0.3 is 0 Å². The van der Waals surface area contributed by atoms with Crippen LogP contribution in [-0.2, 0) is 0 Å². The van der Waals surface area contributed by atoms with E-state index in [1.54, 1.807) is 24.3 Å². The first-order chi connectivity index (χ1) is 12.5. The maximum Gasteiger partial charge on any atom is 0.252 e. The van der Waals surface area contributed by atoms with Crippen molar-refractivity contribution in [2.75, 3.05) is 0 Å². The summed E-state index contributed by atoms with van der Waals surface area (Å²) in [4.78, 5) is 24.0. The van der Waals surface area contributed by atoms with Crippen LogP contribution >= 0.6 is 46.7 Å². The summed E-state index contributed by atoms with van der Waals surface area (Å²) >= 11 is 13.7. The lowest BCUT2D eigenvalue weighted by Crippen LogP contribution is -1.90. The number of carbonyl (C=O) groups is 2. The van der Waals surface area contributed by atoms with E-state index in [1.165, 1.54) is 23.5 Å². The largest absolute Gasteiger partial charge is 0.276 e. The average Bonchev–Trinajstić information content (AvgIpc) is 2.64. The number of hydrogen-bond donors (Lipinski definition) is 0. The molecule has 0 aliphatic rings. The molecule has 0 radical (unpaired) electrons. The van der Waals surface area contributed by atoms with Gasteiger partial charge in [0.2, 0.25) is 0 Å². The Balaban J connectivity index is 1.64. The van der Waals surface area contributed by atoms with Gasteiger partial charge < -0.3 is 0 Å². The second-order valence-corrected chi connectivity index (χ2v) is 7.88. The smallest absolute Gasteiger partial charge is 0.252 e. The summed E-state index contributed by atoms with van der Waals surface area (Å²) < 4.78 is 0. The molecule has 2 aromatic carbocycles. The lowest BCUT2D eigenvalue weighted by molar-refractivity contribution is 0.107. The van der Waals surface area contributed by atoms with E-state index < -0.39 is 10.5 Å². The monoisotopic (exact) mass is 420 g/mol. The van der Waals surface area contributed by atoms with Gasteiger partial charge in [-0.15, -0.1) is 10.2 Å². The topological polar surface area (TPSA) is 59.9 Å². The molecule has 4 nitrogen and oxygen atoms in total. The fraction of sp³-hybridized carbons (Fsp3) is 0. The molecule has 0 bridgehead atoms. The highest BCUT2D eigenvalue weighted by atomic mass is 35.5. The van der Waals surface area contributed by atoms with Crippen LogP contribution < -0.4 is 0 Å². The first-order valence-electron chi connectivity index (χ1n) is 7.30. The van der Waals surface area contributed by atoms with Crippen LogP contribution in [0, 0.1) is 0 Å². The van der Waals surface area contributed by atoms with Crippen LogP contribution in [0.25, 0.3) is 0 Å². The van der Waals surface area contributed by atoms with E-state index in [1.807, 2.05) is 36.4 Å². The van der Waals surface area contributed by atoms with Crippen LogP contribution in [0.4, 0.5) is 0 Å². The molecule has 0 spiro atoms. The normalized spacial score (nSPS) is 10.5. The minimum Gasteiger partial charge on any atom is -0.276 e. The van der Waals surface area contributed by atoms with Crippen LogP contribution in [-0.4, -0.2) is 20.7 Å². The highest BCUT2D eigenvalue weighted by molar-refractivity contribution is 7.99. The lowest BCUT2D eigenvalue weighted by Gasteiger charge is -2.03. The Kier molecular flexibility index (Phi) is 6.32. The van der Waals surface area contributed by atoms with E-state index in [-0.39, 0.29) is 0 Å². The molecule has 0 aliphatic carbocycles. The first-order valence-corrected chi connectivity index (χ1v) is 9.69. The van der Waals surface area contributed by atoms with Gasteiger partial charge in [0.15, 0.2) is 0 Å². The van der Waals surface area contributed by atoms with Crippen molar-refractivity contribution >= 4 is 57.2 Å². The zero-order chi connectivity index (χ0) is 18.5. The summed E-state index contributed by atoms with van der Waals surface area (Å²) in [5, 5.41) is 8.91. The summed E-state index contributed by atoms with van der Waals surface area (Å²) in [6, 6.07) is 17.7. The lowest BCUT2D eigenvalue weighted by atomic mass is 10.2. The third kappa shape index (κ3) is 5.08. The Morgan fingerprint density at radius 2 is 0.962 bits per heavy atom. The SMILES string of the molecule is O=C(Cl)c1ccc(Sc2ccc(Sc3ccc(C(=O)Cl)cc3)nn2)cc1. The maximum absolute atomic E-state index is 11.1. The second kappa shape index (κ2) is 8.68.